The number of amides is 2. The van der Waals surface area contributed by atoms with Crippen LogP contribution in [0.2, 0.25) is 0 Å². The molecule has 1 aliphatic heterocycles. The normalized spacial score (nSPS) is 17.6. The summed E-state index contributed by atoms with van der Waals surface area (Å²) in [5.74, 6) is -4.48. The number of nitrogens with zero attached hydrogens (tertiary/aromatic N) is 1. The molecule has 13 nitrogen and oxygen atoms in total. The minimum Gasteiger partial charge on any atom is -0.507 e. The number of hydrogen-bond donors (Lipinski definition) is 5. The van der Waals surface area contributed by atoms with Gasteiger partial charge in [-0.15, -0.1) is 0 Å². The molecule has 1 heterocycles. The molecule has 0 aliphatic carbocycles. The Balaban J connectivity index is 1.96. The van der Waals surface area contributed by atoms with Gasteiger partial charge in [0.1, 0.15) is 36.5 Å². The van der Waals surface area contributed by atoms with Gasteiger partial charge in [0.25, 0.3) is 0 Å². The number of ketones is 4. The number of benzene rings is 2. The van der Waals surface area contributed by atoms with Crippen LogP contribution >= 0.6 is 0 Å². The number of rotatable bonds is 28. The highest BCUT2D eigenvalue weighted by Gasteiger charge is 2.36. The summed E-state index contributed by atoms with van der Waals surface area (Å²) in [7, 11) is 1.54. The van der Waals surface area contributed by atoms with Gasteiger partial charge in [-0.25, -0.2) is 0 Å². The standard InChI is InChI=1S/C50H76N4O9/c1-5-6-7-8-9-10-11-12-13-14-15-19-39(56)31-38(18-16-17-24-51)50(62)54(4)48-37-21-23-47(63-26-25-52)41(32-37)40-29-36(20-22-43(40)57)30-42(44(58)27-34(2)46(60)33-55)53-49(61)35(3)28-45(48)59/h20-23,29,32,34-35,38,42,48,55,57H,5-19,24-28,30-31,33,51-52H2,1-4H3,(H,53,61)/t34-,35-,38-,42+,48+/m1/s1. The van der Waals surface area contributed by atoms with Gasteiger partial charge in [0.2, 0.25) is 11.8 Å². The van der Waals surface area contributed by atoms with Crippen molar-refractivity contribution in [2.75, 3.05) is 33.4 Å². The van der Waals surface area contributed by atoms with Crippen LogP contribution in [0.5, 0.6) is 11.5 Å². The number of Topliss-reactive ketones (excluding diaryl/α,β-unsaturated/α-hetero) is 4. The van der Waals surface area contributed by atoms with E-state index in [0.717, 1.165) is 25.7 Å². The van der Waals surface area contributed by atoms with Crippen LogP contribution in [0, 0.1) is 17.8 Å². The molecule has 0 fully saturated rings. The molecule has 1 aliphatic rings. The van der Waals surface area contributed by atoms with Crippen molar-refractivity contribution in [1.82, 2.24) is 10.2 Å². The average Bonchev–Trinajstić information content (AvgIpc) is 3.26. The van der Waals surface area contributed by atoms with Crippen LogP contribution in [-0.4, -0.2) is 89.5 Å². The van der Waals surface area contributed by atoms with Crippen molar-refractivity contribution in [1.29, 1.82) is 0 Å². The number of carbonyl (C=O) groups excluding carboxylic acids is 6. The lowest BCUT2D eigenvalue weighted by Crippen LogP contribution is -2.46. The molecular formula is C50H76N4O9. The van der Waals surface area contributed by atoms with Crippen molar-refractivity contribution < 1.29 is 43.7 Å². The summed E-state index contributed by atoms with van der Waals surface area (Å²) < 4.78 is 6.03. The molecule has 350 valence electrons. The summed E-state index contributed by atoms with van der Waals surface area (Å²) in [5, 5.41) is 23.5. The highest BCUT2D eigenvalue weighted by molar-refractivity contribution is 5.97. The summed E-state index contributed by atoms with van der Waals surface area (Å²) in [5.41, 5.74) is 13.4. The van der Waals surface area contributed by atoms with Gasteiger partial charge >= 0.3 is 0 Å². The Hall–Kier alpha value is -4.46. The molecule has 4 bridgehead atoms. The van der Waals surface area contributed by atoms with Crippen molar-refractivity contribution >= 4 is 34.9 Å². The third kappa shape index (κ3) is 17.2. The number of unbranched alkanes of at least 4 members (excludes halogenated alkanes) is 11. The van der Waals surface area contributed by atoms with Crippen LogP contribution in [-0.2, 0) is 35.2 Å². The highest BCUT2D eigenvalue weighted by Crippen LogP contribution is 2.40. The van der Waals surface area contributed by atoms with Crippen molar-refractivity contribution in [3.63, 3.8) is 0 Å². The lowest BCUT2D eigenvalue weighted by Gasteiger charge is -2.32. The first-order valence-electron chi connectivity index (χ1n) is 23.5. The fourth-order valence-corrected chi connectivity index (χ4v) is 8.42. The third-order valence-corrected chi connectivity index (χ3v) is 12.3. The first kappa shape index (κ1) is 52.9. The van der Waals surface area contributed by atoms with Crippen LogP contribution in [0.4, 0.5) is 0 Å². The molecule has 0 saturated heterocycles. The maximum atomic E-state index is 14.6. The fourth-order valence-electron chi connectivity index (χ4n) is 8.42. The number of phenols is 1. The van der Waals surface area contributed by atoms with Crippen molar-refractivity contribution in [3.8, 4) is 22.6 Å². The zero-order valence-corrected chi connectivity index (χ0v) is 38.5. The number of aliphatic hydroxyl groups is 1. The SMILES string of the molecule is CCCCCCCCCCCCCC(=O)C[C@@H](CCCCN)C(=O)N(C)[C@@H]1C(=O)C[C@@H](C)C(=O)N[C@H](C(=O)C[C@@H](C)C(=O)CO)Cc2ccc(O)c(c2)-c2cc1ccc2OCCN. The quantitative estimate of drug-likeness (QED) is 0.0543. The minimum atomic E-state index is -1.19. The van der Waals surface area contributed by atoms with Gasteiger partial charge in [-0.05, 0) is 67.6 Å². The second-order valence-electron chi connectivity index (χ2n) is 17.6. The number of ether oxygens (including phenoxy) is 1. The monoisotopic (exact) mass is 877 g/mol. The molecule has 2 aromatic carbocycles. The van der Waals surface area contributed by atoms with E-state index in [0.29, 0.717) is 60.2 Å². The zero-order chi connectivity index (χ0) is 46.3. The Morgan fingerprint density at radius 1 is 0.841 bits per heavy atom. The average molecular weight is 877 g/mol. The first-order valence-corrected chi connectivity index (χ1v) is 23.5. The Morgan fingerprint density at radius 3 is 2.14 bits per heavy atom. The van der Waals surface area contributed by atoms with Gasteiger partial charge in [0.15, 0.2) is 17.3 Å². The lowest BCUT2D eigenvalue weighted by atomic mass is 9.87. The Kier molecular flexibility index (Phi) is 23.8. The number of phenolic OH excluding ortho intramolecular Hbond substituents is 1. The maximum absolute atomic E-state index is 14.6. The number of fused-ring (bicyclic) bond motifs is 5. The van der Waals surface area contributed by atoms with E-state index in [2.05, 4.69) is 12.2 Å². The zero-order valence-electron chi connectivity index (χ0n) is 38.5. The maximum Gasteiger partial charge on any atom is 0.226 e. The van der Waals surface area contributed by atoms with Gasteiger partial charge < -0.3 is 36.6 Å². The third-order valence-electron chi connectivity index (χ3n) is 12.3. The predicted molar refractivity (Wildman–Crippen MR) is 246 cm³/mol. The molecule has 0 aromatic heterocycles. The molecule has 7 N–H and O–H groups in total. The van der Waals surface area contributed by atoms with Gasteiger partial charge in [-0.1, -0.05) is 104 Å². The Labute approximate surface area is 375 Å². The Bertz CT molecular complexity index is 1800. The van der Waals surface area contributed by atoms with Crippen LogP contribution in [0.15, 0.2) is 36.4 Å². The van der Waals surface area contributed by atoms with Gasteiger partial charge in [0.05, 0.1) is 6.04 Å². The number of aliphatic hydroxyl groups excluding tert-OH is 1. The van der Waals surface area contributed by atoms with Crippen LogP contribution in [0.25, 0.3) is 11.1 Å². The number of likely N-dealkylation sites (N-methyl/N-ethyl adjacent to an activating group) is 1. The summed E-state index contributed by atoms with van der Waals surface area (Å²) >= 11 is 0. The number of aromatic hydroxyl groups is 1. The summed E-state index contributed by atoms with van der Waals surface area (Å²) in [6, 6.07) is 7.53. The molecule has 0 unspecified atom stereocenters. The van der Waals surface area contributed by atoms with E-state index in [1.165, 1.54) is 62.8 Å². The van der Waals surface area contributed by atoms with E-state index in [4.69, 9.17) is 16.2 Å². The number of nitrogens with one attached hydrogen (secondary N) is 1. The Morgan fingerprint density at radius 2 is 1.51 bits per heavy atom. The van der Waals surface area contributed by atoms with E-state index in [-0.39, 0.29) is 56.3 Å². The molecule has 2 aromatic rings. The molecule has 0 spiro atoms. The highest BCUT2D eigenvalue weighted by atomic mass is 16.5. The minimum absolute atomic E-state index is 0.00585. The van der Waals surface area contributed by atoms with Crippen LogP contribution in [0.1, 0.15) is 154 Å². The second kappa shape index (κ2) is 28.4. The van der Waals surface area contributed by atoms with Crippen molar-refractivity contribution in [3.05, 3.63) is 47.5 Å². The van der Waals surface area contributed by atoms with Gasteiger partial charge in [0, 0.05) is 68.2 Å². The number of hydrogen-bond acceptors (Lipinski definition) is 11. The molecule has 2 amide bonds. The molecule has 0 saturated carbocycles. The fraction of sp³-hybridized carbons (Fsp3) is 0.640. The lowest BCUT2D eigenvalue weighted by molar-refractivity contribution is -0.144. The largest absolute Gasteiger partial charge is 0.507 e. The van der Waals surface area contributed by atoms with Crippen molar-refractivity contribution in [2.45, 2.75) is 155 Å². The molecule has 13 heteroatoms. The first-order chi connectivity index (χ1) is 30.3. The number of nitrogens with two attached hydrogens (primary N) is 2. The van der Waals surface area contributed by atoms with E-state index in [1.54, 1.807) is 44.3 Å². The summed E-state index contributed by atoms with van der Waals surface area (Å²) in [4.78, 5) is 83.8. The smallest absolute Gasteiger partial charge is 0.226 e. The molecule has 5 atom stereocenters. The molecular weight excluding hydrogens is 801 g/mol. The van der Waals surface area contributed by atoms with Crippen molar-refractivity contribution in [2.24, 2.45) is 29.2 Å². The second-order valence-corrected chi connectivity index (χ2v) is 17.6. The molecule has 0 radical (unpaired) electrons. The van der Waals surface area contributed by atoms with E-state index >= 15 is 0 Å². The van der Waals surface area contributed by atoms with E-state index in [9.17, 15) is 39.0 Å². The summed E-state index contributed by atoms with van der Waals surface area (Å²) in [6.45, 7) is 5.40. The van der Waals surface area contributed by atoms with E-state index < -0.39 is 59.7 Å². The van der Waals surface area contributed by atoms with E-state index in [1.807, 2.05) is 0 Å². The van der Waals surface area contributed by atoms with Crippen LogP contribution in [0.3, 0.4) is 0 Å². The van der Waals surface area contributed by atoms with Crippen LogP contribution < -0.4 is 21.5 Å². The van der Waals surface area contributed by atoms with Gasteiger partial charge in [-0.3, -0.25) is 28.8 Å². The van der Waals surface area contributed by atoms with Gasteiger partial charge in [-0.2, -0.15) is 0 Å². The number of carbonyl (C=O) groups is 6. The molecule has 63 heavy (non-hydrogen) atoms. The predicted octanol–water partition coefficient (Wildman–Crippen LogP) is 7.09. The topological polar surface area (TPSA) is 219 Å². The molecule has 3 rings (SSSR count). The summed E-state index contributed by atoms with van der Waals surface area (Å²) in [6.07, 6.45) is 14.5.